The molecule has 5 nitrogen and oxygen atoms in total. The molecule has 1 heterocycles. The molecule has 1 fully saturated rings. The summed E-state index contributed by atoms with van der Waals surface area (Å²) in [4.78, 5) is 16.9. The first-order chi connectivity index (χ1) is 13.7. The number of urea groups is 1. The number of benzene rings is 2. The molecule has 2 aromatic rings. The number of fused-ring (bicyclic) bond motifs is 1. The number of nitrogens with zero attached hydrogens (tertiary/aromatic N) is 2. The summed E-state index contributed by atoms with van der Waals surface area (Å²) in [7, 11) is 0. The van der Waals surface area contributed by atoms with Crippen LogP contribution in [0.1, 0.15) is 23.6 Å². The van der Waals surface area contributed by atoms with Crippen LogP contribution in [0.15, 0.2) is 48.5 Å². The smallest absolute Gasteiger partial charge is 0.315 e. The highest BCUT2D eigenvalue weighted by atomic mass is 19.1. The van der Waals surface area contributed by atoms with E-state index in [4.69, 9.17) is 0 Å². The van der Waals surface area contributed by atoms with Gasteiger partial charge in [-0.1, -0.05) is 24.3 Å². The molecule has 0 radical (unpaired) electrons. The summed E-state index contributed by atoms with van der Waals surface area (Å²) < 4.78 is 13.1. The zero-order valence-corrected chi connectivity index (χ0v) is 16.0. The van der Waals surface area contributed by atoms with Crippen molar-refractivity contribution >= 4 is 11.7 Å². The number of hydrogen-bond acceptors (Lipinski definition) is 3. The maximum Gasteiger partial charge on any atom is 0.315 e. The molecular weight excluding hydrogens is 355 g/mol. The summed E-state index contributed by atoms with van der Waals surface area (Å²) in [6.07, 6.45) is 2.00. The van der Waals surface area contributed by atoms with Crippen molar-refractivity contribution in [2.24, 2.45) is 0 Å². The van der Waals surface area contributed by atoms with Crippen LogP contribution in [0.2, 0.25) is 0 Å². The highest BCUT2D eigenvalue weighted by Crippen LogP contribution is 2.30. The molecule has 28 heavy (non-hydrogen) atoms. The lowest BCUT2D eigenvalue weighted by molar-refractivity contribution is 0.229. The van der Waals surface area contributed by atoms with Crippen molar-refractivity contribution in [1.82, 2.24) is 15.5 Å². The molecule has 2 amide bonds. The Bertz CT molecular complexity index is 802. The third-order valence-corrected chi connectivity index (χ3v) is 5.72. The summed E-state index contributed by atoms with van der Waals surface area (Å²) in [5.41, 5.74) is 3.65. The largest absolute Gasteiger partial charge is 0.369 e. The lowest BCUT2D eigenvalue weighted by Crippen LogP contribution is -2.49. The second-order valence-electron chi connectivity index (χ2n) is 7.50. The molecule has 2 aliphatic rings. The third kappa shape index (κ3) is 4.44. The first-order valence-electron chi connectivity index (χ1n) is 10.0. The van der Waals surface area contributed by atoms with Gasteiger partial charge in [0.1, 0.15) is 5.82 Å². The van der Waals surface area contributed by atoms with Crippen molar-refractivity contribution in [3.05, 3.63) is 65.5 Å². The lowest BCUT2D eigenvalue weighted by Gasteiger charge is -2.36. The minimum absolute atomic E-state index is 0.0911. The monoisotopic (exact) mass is 382 g/mol. The van der Waals surface area contributed by atoms with E-state index in [0.29, 0.717) is 6.54 Å². The van der Waals surface area contributed by atoms with Crippen LogP contribution in [0.5, 0.6) is 0 Å². The molecule has 148 valence electrons. The van der Waals surface area contributed by atoms with E-state index < -0.39 is 0 Å². The van der Waals surface area contributed by atoms with E-state index in [1.54, 1.807) is 0 Å². The fourth-order valence-electron chi connectivity index (χ4n) is 4.13. The average Bonchev–Trinajstić information content (AvgIpc) is 3.12. The zero-order valence-electron chi connectivity index (χ0n) is 16.0. The van der Waals surface area contributed by atoms with Gasteiger partial charge in [-0.3, -0.25) is 4.90 Å². The molecule has 1 aliphatic heterocycles. The van der Waals surface area contributed by atoms with Gasteiger partial charge < -0.3 is 15.5 Å². The zero-order chi connectivity index (χ0) is 19.3. The summed E-state index contributed by atoms with van der Waals surface area (Å²) in [5.74, 6) is -0.201. The summed E-state index contributed by atoms with van der Waals surface area (Å²) in [5, 5.41) is 6.09. The normalized spacial score (nSPS) is 19.3. The quantitative estimate of drug-likeness (QED) is 0.836. The molecule has 2 N–H and O–H groups in total. The van der Waals surface area contributed by atoms with Gasteiger partial charge >= 0.3 is 6.03 Å². The summed E-state index contributed by atoms with van der Waals surface area (Å²) >= 11 is 0. The molecule has 0 saturated carbocycles. The number of nitrogens with one attached hydrogen (secondary N) is 2. The Morgan fingerprint density at radius 3 is 2.57 bits per heavy atom. The van der Waals surface area contributed by atoms with Crippen molar-refractivity contribution in [3.8, 4) is 0 Å². The molecule has 1 atom stereocenters. The summed E-state index contributed by atoms with van der Waals surface area (Å²) in [6, 6.07) is 15.0. The van der Waals surface area contributed by atoms with Gasteiger partial charge in [-0.2, -0.15) is 0 Å². The third-order valence-electron chi connectivity index (χ3n) is 5.72. The Hall–Kier alpha value is -2.60. The van der Waals surface area contributed by atoms with Gasteiger partial charge in [-0.05, 0) is 48.2 Å². The van der Waals surface area contributed by atoms with E-state index in [1.807, 2.05) is 18.2 Å². The topological polar surface area (TPSA) is 47.6 Å². The van der Waals surface area contributed by atoms with Gasteiger partial charge in [-0.25, -0.2) is 9.18 Å². The number of anilines is 1. The standard InChI is InChI=1S/C22H27FN4O/c23-18-6-8-19(9-7-18)27-15-13-26(14-16-27)12-11-24-22(28)25-21-10-5-17-3-1-2-4-20(17)21/h1-4,6-9,21H,5,10-16H2,(H2,24,25,28). The molecule has 0 bridgehead atoms. The molecule has 2 aromatic carbocycles. The number of aryl methyl sites for hydroxylation is 1. The van der Waals surface area contributed by atoms with Crippen LogP contribution in [-0.2, 0) is 6.42 Å². The number of halogens is 1. The van der Waals surface area contributed by atoms with E-state index in [2.05, 4.69) is 38.6 Å². The number of amides is 2. The average molecular weight is 382 g/mol. The Kier molecular flexibility index (Phi) is 5.76. The second-order valence-corrected chi connectivity index (χ2v) is 7.50. The lowest BCUT2D eigenvalue weighted by atomic mass is 10.1. The van der Waals surface area contributed by atoms with Gasteiger partial charge in [0.05, 0.1) is 6.04 Å². The van der Waals surface area contributed by atoms with Gasteiger partial charge in [-0.15, -0.1) is 0 Å². The van der Waals surface area contributed by atoms with Crippen LogP contribution >= 0.6 is 0 Å². The van der Waals surface area contributed by atoms with Crippen LogP contribution in [0.4, 0.5) is 14.9 Å². The van der Waals surface area contributed by atoms with Crippen LogP contribution in [0, 0.1) is 5.82 Å². The highest BCUT2D eigenvalue weighted by Gasteiger charge is 2.23. The predicted octanol–water partition coefficient (Wildman–Crippen LogP) is 2.93. The van der Waals surface area contributed by atoms with E-state index >= 15 is 0 Å². The fourth-order valence-corrected chi connectivity index (χ4v) is 4.13. The van der Waals surface area contributed by atoms with E-state index in [9.17, 15) is 9.18 Å². The van der Waals surface area contributed by atoms with Gasteiger partial charge in [0, 0.05) is 45.0 Å². The van der Waals surface area contributed by atoms with Gasteiger partial charge in [0.2, 0.25) is 0 Å². The Morgan fingerprint density at radius 2 is 1.79 bits per heavy atom. The van der Waals surface area contributed by atoms with E-state index in [0.717, 1.165) is 51.3 Å². The molecule has 1 aliphatic carbocycles. The Morgan fingerprint density at radius 1 is 1.04 bits per heavy atom. The fraction of sp³-hybridized carbons (Fsp3) is 0.409. The van der Waals surface area contributed by atoms with Crippen molar-refractivity contribution in [3.63, 3.8) is 0 Å². The van der Waals surface area contributed by atoms with Crippen LogP contribution < -0.4 is 15.5 Å². The van der Waals surface area contributed by atoms with E-state index in [1.165, 1.54) is 23.3 Å². The van der Waals surface area contributed by atoms with Crippen molar-refractivity contribution in [2.45, 2.75) is 18.9 Å². The first kappa shape index (κ1) is 18.7. The molecule has 1 saturated heterocycles. The van der Waals surface area contributed by atoms with Gasteiger partial charge in [0.25, 0.3) is 0 Å². The highest BCUT2D eigenvalue weighted by molar-refractivity contribution is 5.74. The van der Waals surface area contributed by atoms with Crippen molar-refractivity contribution in [2.75, 3.05) is 44.2 Å². The number of carbonyl (C=O) groups is 1. The number of hydrogen-bond donors (Lipinski definition) is 2. The summed E-state index contributed by atoms with van der Waals surface area (Å²) in [6.45, 7) is 5.18. The minimum atomic E-state index is -0.201. The molecule has 0 spiro atoms. The molecule has 6 heteroatoms. The van der Waals surface area contributed by atoms with Crippen LogP contribution in [-0.4, -0.2) is 50.2 Å². The first-order valence-corrected chi connectivity index (χ1v) is 10.0. The minimum Gasteiger partial charge on any atom is -0.369 e. The predicted molar refractivity (Wildman–Crippen MR) is 109 cm³/mol. The molecule has 0 aromatic heterocycles. The second kappa shape index (κ2) is 8.61. The molecular formula is C22H27FN4O. The van der Waals surface area contributed by atoms with E-state index in [-0.39, 0.29) is 17.9 Å². The number of rotatable bonds is 5. The number of carbonyl (C=O) groups excluding carboxylic acids is 1. The van der Waals surface area contributed by atoms with Crippen LogP contribution in [0.3, 0.4) is 0 Å². The van der Waals surface area contributed by atoms with Gasteiger partial charge in [0.15, 0.2) is 0 Å². The van der Waals surface area contributed by atoms with Crippen molar-refractivity contribution < 1.29 is 9.18 Å². The Balaban J connectivity index is 1.16. The van der Waals surface area contributed by atoms with Crippen molar-refractivity contribution in [1.29, 1.82) is 0 Å². The molecule has 4 rings (SSSR count). The molecule has 1 unspecified atom stereocenters. The Labute approximate surface area is 165 Å². The maximum atomic E-state index is 13.1. The SMILES string of the molecule is O=C(NCCN1CCN(c2ccc(F)cc2)CC1)NC1CCc2ccccc21. The maximum absolute atomic E-state index is 13.1. The number of piperazine rings is 1. The van der Waals surface area contributed by atoms with Crippen LogP contribution in [0.25, 0.3) is 0 Å².